The van der Waals surface area contributed by atoms with Crippen LogP contribution in [0, 0.1) is 35.0 Å². The Morgan fingerprint density at radius 1 is 1.03 bits per heavy atom. The molecule has 3 aliphatic rings. The molecule has 0 aromatic rings. The maximum absolute atomic E-state index is 13.2. The number of ether oxygens (including phenoxy) is 2. The van der Waals surface area contributed by atoms with Crippen molar-refractivity contribution in [2.24, 2.45) is 35.0 Å². The van der Waals surface area contributed by atoms with Gasteiger partial charge in [0, 0.05) is 18.3 Å². The van der Waals surface area contributed by atoms with Crippen molar-refractivity contribution in [3.05, 3.63) is 0 Å². The molecule has 1 saturated heterocycles. The molecule has 224 valence electrons. The summed E-state index contributed by atoms with van der Waals surface area (Å²) in [5.41, 5.74) is -0.538. The van der Waals surface area contributed by atoms with Gasteiger partial charge in [0.15, 0.2) is 8.32 Å². The van der Waals surface area contributed by atoms with E-state index in [1.807, 2.05) is 20.8 Å². The van der Waals surface area contributed by atoms with Crippen LogP contribution in [0.5, 0.6) is 0 Å². The Balaban J connectivity index is 1.75. The first-order valence-corrected chi connectivity index (χ1v) is 18.4. The van der Waals surface area contributed by atoms with Gasteiger partial charge in [-0.15, -0.1) is 0 Å². The van der Waals surface area contributed by atoms with E-state index in [-0.39, 0.29) is 52.9 Å². The average molecular weight is 565 g/mol. The number of carbonyl (C=O) groups is 3. The number of hydrogen-bond donors (Lipinski definition) is 0. The van der Waals surface area contributed by atoms with Gasteiger partial charge in [0.2, 0.25) is 0 Å². The van der Waals surface area contributed by atoms with Crippen LogP contribution in [0.25, 0.3) is 0 Å². The molecular formula is C32H56O6Si. The highest BCUT2D eigenvalue weighted by Crippen LogP contribution is 2.51. The van der Waals surface area contributed by atoms with Gasteiger partial charge in [0.25, 0.3) is 0 Å². The van der Waals surface area contributed by atoms with Crippen LogP contribution in [0.4, 0.5) is 0 Å². The Morgan fingerprint density at radius 3 is 2.28 bits per heavy atom. The maximum Gasteiger partial charge on any atom is 0.311 e. The largest absolute Gasteiger partial charge is 0.462 e. The summed E-state index contributed by atoms with van der Waals surface area (Å²) in [7, 11) is -1.98. The molecule has 0 spiro atoms. The second kappa shape index (κ2) is 12.3. The van der Waals surface area contributed by atoms with Gasteiger partial charge in [-0.3, -0.25) is 14.4 Å². The highest BCUT2D eigenvalue weighted by Gasteiger charge is 2.49. The molecule has 0 N–H and O–H groups in total. The van der Waals surface area contributed by atoms with Crippen molar-refractivity contribution in [3.63, 3.8) is 0 Å². The zero-order valence-electron chi connectivity index (χ0n) is 26.4. The molecule has 6 nitrogen and oxygen atoms in total. The quantitative estimate of drug-likeness (QED) is 0.213. The normalized spacial score (nSPS) is 34.2. The molecule has 2 saturated carbocycles. The third kappa shape index (κ3) is 7.75. The van der Waals surface area contributed by atoms with Crippen molar-refractivity contribution >= 4 is 26.0 Å². The van der Waals surface area contributed by atoms with Crippen LogP contribution >= 0.6 is 0 Å². The lowest BCUT2D eigenvalue weighted by Gasteiger charge is -2.50. The summed E-state index contributed by atoms with van der Waals surface area (Å²) in [6.07, 6.45) is 6.83. The molecule has 1 heterocycles. The smallest absolute Gasteiger partial charge is 0.311 e. The number of esters is 2. The minimum absolute atomic E-state index is 0.0320. The Bertz CT molecular complexity index is 890. The molecule has 0 aromatic heterocycles. The lowest BCUT2D eigenvalue weighted by Crippen LogP contribution is -2.50. The average Bonchev–Trinajstić information content (AvgIpc) is 2.81. The van der Waals surface area contributed by atoms with Gasteiger partial charge < -0.3 is 13.9 Å². The van der Waals surface area contributed by atoms with Crippen LogP contribution in [0.15, 0.2) is 0 Å². The van der Waals surface area contributed by atoms with Gasteiger partial charge in [-0.05, 0) is 95.2 Å². The van der Waals surface area contributed by atoms with E-state index < -0.39 is 13.7 Å². The molecule has 1 aliphatic heterocycles. The Hall–Kier alpha value is -1.21. The fourth-order valence-electron chi connectivity index (χ4n) is 6.83. The summed E-state index contributed by atoms with van der Waals surface area (Å²) in [6.45, 7) is 21.1. The molecule has 0 unspecified atom stereocenters. The van der Waals surface area contributed by atoms with Gasteiger partial charge in [0.1, 0.15) is 18.0 Å². The van der Waals surface area contributed by atoms with E-state index in [1.165, 1.54) is 0 Å². The standard InChI is InChI=1S/C32H56O6Si/c1-11-32(7,8)30(35)37-27-17-23(21(3)33)16-22-13-12-20(2)26(29(22)27)15-14-24-18-25(19-28(34)36-24)38-39(9,10)31(4,5)6/h20,22-27,29H,11-19H2,1-10H3/t20-,22-,23-,24+,25+,26-,27-,29-/m0/s1. The predicted octanol–water partition coefficient (Wildman–Crippen LogP) is 7.49. The second-order valence-corrected chi connectivity index (χ2v) is 19.9. The van der Waals surface area contributed by atoms with Gasteiger partial charge in [-0.25, -0.2) is 0 Å². The summed E-state index contributed by atoms with van der Waals surface area (Å²) in [5, 5.41) is 0.0912. The summed E-state index contributed by atoms with van der Waals surface area (Å²) in [4.78, 5) is 38.2. The number of rotatable bonds is 9. The van der Waals surface area contributed by atoms with E-state index in [0.29, 0.717) is 37.0 Å². The van der Waals surface area contributed by atoms with Crippen LogP contribution in [0.2, 0.25) is 18.1 Å². The molecule has 0 aromatic carbocycles. The lowest BCUT2D eigenvalue weighted by atomic mass is 9.57. The van der Waals surface area contributed by atoms with Crippen molar-refractivity contribution in [3.8, 4) is 0 Å². The van der Waals surface area contributed by atoms with Crippen molar-refractivity contribution in [2.45, 2.75) is 150 Å². The Labute approximate surface area is 238 Å². The van der Waals surface area contributed by atoms with Crippen LogP contribution in [-0.4, -0.2) is 44.4 Å². The van der Waals surface area contributed by atoms with E-state index >= 15 is 0 Å². The molecule has 39 heavy (non-hydrogen) atoms. The molecule has 3 rings (SSSR count). The topological polar surface area (TPSA) is 78.9 Å². The highest BCUT2D eigenvalue weighted by molar-refractivity contribution is 6.74. The fraction of sp³-hybridized carbons (Fsp3) is 0.906. The maximum atomic E-state index is 13.2. The molecule has 8 atom stereocenters. The van der Waals surface area contributed by atoms with Crippen LogP contribution in [-0.2, 0) is 28.3 Å². The predicted molar refractivity (Wildman–Crippen MR) is 157 cm³/mol. The van der Waals surface area contributed by atoms with E-state index in [9.17, 15) is 14.4 Å². The second-order valence-electron chi connectivity index (χ2n) is 15.1. The van der Waals surface area contributed by atoms with Crippen molar-refractivity contribution in [1.29, 1.82) is 0 Å². The SMILES string of the molecule is CCC(C)(C)C(=O)O[C@H]1C[C@@H](C(C)=O)C[C@@H]2CC[C@H](C)[C@H](CC[C@@H]3C[C@@H](O[Si](C)(C)C(C)(C)C)CC(=O)O3)[C@H]21. The zero-order valence-corrected chi connectivity index (χ0v) is 27.4. The first-order chi connectivity index (χ1) is 17.9. The molecule has 0 bridgehead atoms. The number of cyclic esters (lactones) is 1. The van der Waals surface area contributed by atoms with E-state index in [4.69, 9.17) is 13.9 Å². The molecule has 7 heteroatoms. The molecule has 3 fully saturated rings. The Kier molecular flexibility index (Phi) is 10.2. The van der Waals surface area contributed by atoms with Gasteiger partial charge >= 0.3 is 11.9 Å². The zero-order chi connectivity index (χ0) is 29.3. The number of hydrogen-bond acceptors (Lipinski definition) is 6. The number of Topliss-reactive ketones (excluding diaryl/α,β-unsaturated/α-hetero) is 1. The summed E-state index contributed by atoms with van der Waals surface area (Å²) >= 11 is 0. The van der Waals surface area contributed by atoms with E-state index in [0.717, 1.165) is 38.5 Å². The third-order valence-corrected chi connectivity index (χ3v) is 15.4. The van der Waals surface area contributed by atoms with Crippen molar-refractivity contribution in [2.75, 3.05) is 0 Å². The minimum Gasteiger partial charge on any atom is -0.462 e. The first kappa shape index (κ1) is 32.3. The molecule has 0 radical (unpaired) electrons. The van der Waals surface area contributed by atoms with Gasteiger partial charge in [-0.1, -0.05) is 41.0 Å². The van der Waals surface area contributed by atoms with Gasteiger partial charge in [0.05, 0.1) is 17.9 Å². The summed E-state index contributed by atoms with van der Waals surface area (Å²) < 4.78 is 18.8. The summed E-state index contributed by atoms with van der Waals surface area (Å²) in [6, 6.07) is 0. The van der Waals surface area contributed by atoms with Crippen LogP contribution < -0.4 is 0 Å². The van der Waals surface area contributed by atoms with Gasteiger partial charge in [-0.2, -0.15) is 0 Å². The lowest BCUT2D eigenvalue weighted by molar-refractivity contribution is -0.175. The monoisotopic (exact) mass is 564 g/mol. The number of fused-ring (bicyclic) bond motifs is 1. The first-order valence-electron chi connectivity index (χ1n) is 15.5. The summed E-state index contributed by atoms with van der Waals surface area (Å²) in [5.74, 6) is 1.39. The highest BCUT2D eigenvalue weighted by atomic mass is 28.4. The van der Waals surface area contributed by atoms with Crippen LogP contribution in [0.1, 0.15) is 113 Å². The fourth-order valence-corrected chi connectivity index (χ4v) is 8.19. The minimum atomic E-state index is -1.98. The molecule has 2 aliphatic carbocycles. The number of ketones is 1. The van der Waals surface area contributed by atoms with Crippen LogP contribution in [0.3, 0.4) is 0 Å². The molecular weight excluding hydrogens is 508 g/mol. The molecule has 0 amide bonds. The Morgan fingerprint density at radius 2 is 1.69 bits per heavy atom. The van der Waals surface area contributed by atoms with E-state index in [1.54, 1.807) is 6.92 Å². The number of carbonyl (C=O) groups excluding carboxylic acids is 3. The third-order valence-electron chi connectivity index (χ3n) is 10.9. The van der Waals surface area contributed by atoms with Crippen molar-refractivity contribution < 1.29 is 28.3 Å². The van der Waals surface area contributed by atoms with Crippen molar-refractivity contribution in [1.82, 2.24) is 0 Å². The van der Waals surface area contributed by atoms with E-state index in [2.05, 4.69) is 40.8 Å².